The molecule has 0 saturated carbocycles. The number of aliphatic imine (C=N–C) groups is 1. The van der Waals surface area contributed by atoms with E-state index in [1.165, 1.54) is 54.6 Å². The normalized spacial score (nSPS) is 14.1. The molecule has 1 aliphatic heterocycles. The van der Waals surface area contributed by atoms with Gasteiger partial charge in [0.1, 0.15) is 26.5 Å². The average molecular weight is 859 g/mol. The van der Waals surface area contributed by atoms with Gasteiger partial charge in [-0.2, -0.15) is 25.3 Å². The molecule has 0 spiro atoms. The summed E-state index contributed by atoms with van der Waals surface area (Å²) < 4.78 is 102. The Balaban J connectivity index is 1.30. The summed E-state index contributed by atoms with van der Waals surface area (Å²) in [6, 6.07) is 33.7. The molecule has 0 aliphatic carbocycles. The first-order chi connectivity index (χ1) is 28.4. The van der Waals surface area contributed by atoms with Crippen LogP contribution in [-0.2, 0) is 35.8 Å². The predicted molar refractivity (Wildman–Crippen MR) is 227 cm³/mol. The third-order valence-corrected chi connectivity index (χ3v) is 13.9. The standard InChI is InChI=1S/C44H34N4O9S3/c1-26-9-15-30(16-10-26)59(52,53)56-39-25-38(48-46-37-22-14-29-23-32(58(49,50)51)19-20-34(29)42(37)47-48)40(57-60(54,55)31-17-11-27(2)12-18-31)24-35(39)43-44(3,4)41-33-8-6-5-7-28(33)13-21-36(41)45-43/h5-25H,1-4H3,(H,49,50,51). The lowest BCUT2D eigenvalue weighted by molar-refractivity contribution is 0.474. The zero-order valence-corrected chi connectivity index (χ0v) is 34.8. The van der Waals surface area contributed by atoms with E-state index in [-0.39, 0.29) is 43.0 Å². The van der Waals surface area contributed by atoms with E-state index in [0.717, 1.165) is 32.3 Å². The number of fused-ring (bicyclic) bond motifs is 6. The van der Waals surface area contributed by atoms with Crippen LogP contribution in [0.15, 0.2) is 147 Å². The number of benzene rings is 7. The maximum atomic E-state index is 14.1. The first-order valence-electron chi connectivity index (χ1n) is 18.5. The van der Waals surface area contributed by atoms with Gasteiger partial charge >= 0.3 is 20.2 Å². The lowest BCUT2D eigenvalue weighted by Gasteiger charge is -2.26. The number of aryl methyl sites for hydroxylation is 2. The molecule has 0 bridgehead atoms. The first kappa shape index (κ1) is 39.0. The molecular formula is C44H34N4O9S3. The van der Waals surface area contributed by atoms with Crippen LogP contribution in [0.2, 0.25) is 0 Å². The molecule has 9 rings (SSSR count). The highest BCUT2D eigenvalue weighted by molar-refractivity contribution is 7.87. The van der Waals surface area contributed by atoms with E-state index in [9.17, 15) is 29.8 Å². The summed E-state index contributed by atoms with van der Waals surface area (Å²) in [6.07, 6.45) is 0. The van der Waals surface area contributed by atoms with E-state index >= 15 is 0 Å². The molecule has 1 aromatic heterocycles. The minimum atomic E-state index is -4.54. The van der Waals surface area contributed by atoms with Gasteiger partial charge in [-0.05, 0) is 90.2 Å². The highest BCUT2D eigenvalue weighted by atomic mass is 32.2. The van der Waals surface area contributed by atoms with Crippen LogP contribution in [0.3, 0.4) is 0 Å². The van der Waals surface area contributed by atoms with Crippen LogP contribution in [-0.4, -0.2) is 50.5 Å². The summed E-state index contributed by atoms with van der Waals surface area (Å²) in [5.41, 5.74) is 3.30. The van der Waals surface area contributed by atoms with E-state index in [2.05, 4.69) is 10.2 Å². The molecule has 1 N–H and O–H groups in total. The van der Waals surface area contributed by atoms with Gasteiger partial charge in [-0.1, -0.05) is 91.7 Å². The van der Waals surface area contributed by atoms with Crippen molar-refractivity contribution in [3.05, 3.63) is 150 Å². The molecule has 60 heavy (non-hydrogen) atoms. The number of hydrogen-bond donors (Lipinski definition) is 1. The topological polar surface area (TPSA) is 184 Å². The van der Waals surface area contributed by atoms with Gasteiger partial charge in [-0.15, -0.1) is 15.0 Å². The van der Waals surface area contributed by atoms with Gasteiger partial charge in [0.05, 0.1) is 16.3 Å². The fraction of sp³-hybridized carbons (Fsp3) is 0.114. The fourth-order valence-electron chi connectivity index (χ4n) is 7.51. The van der Waals surface area contributed by atoms with Gasteiger partial charge in [-0.3, -0.25) is 9.55 Å². The van der Waals surface area contributed by atoms with Crippen molar-refractivity contribution in [2.24, 2.45) is 4.99 Å². The lowest BCUT2D eigenvalue weighted by Crippen LogP contribution is -2.28. The minimum Gasteiger partial charge on any atom is -0.378 e. The van der Waals surface area contributed by atoms with Crippen molar-refractivity contribution >= 4 is 74.3 Å². The second-order valence-electron chi connectivity index (χ2n) is 15.1. The summed E-state index contributed by atoms with van der Waals surface area (Å²) in [5, 5.41) is 12.1. The van der Waals surface area contributed by atoms with E-state index in [1.807, 2.05) is 64.1 Å². The Labute approximate surface area is 345 Å². The van der Waals surface area contributed by atoms with E-state index in [1.54, 1.807) is 36.4 Å². The Morgan fingerprint density at radius 1 is 0.600 bits per heavy atom. The summed E-state index contributed by atoms with van der Waals surface area (Å²) in [5.74, 6) is -0.484. The monoisotopic (exact) mass is 858 g/mol. The van der Waals surface area contributed by atoms with E-state index in [0.29, 0.717) is 27.7 Å². The second kappa shape index (κ2) is 13.8. The first-order valence-corrected chi connectivity index (χ1v) is 22.7. The highest BCUT2D eigenvalue weighted by Gasteiger charge is 2.40. The van der Waals surface area contributed by atoms with Crippen LogP contribution >= 0.6 is 0 Å². The molecule has 1 aliphatic rings. The summed E-state index contributed by atoms with van der Waals surface area (Å²) in [7, 11) is -13.6. The van der Waals surface area contributed by atoms with Crippen LogP contribution in [0.1, 0.15) is 36.1 Å². The zero-order chi connectivity index (χ0) is 42.4. The fourth-order valence-corrected chi connectivity index (χ4v) is 9.90. The average Bonchev–Trinajstić information content (AvgIpc) is 3.76. The minimum absolute atomic E-state index is 0.109. The molecule has 13 nitrogen and oxygen atoms in total. The molecule has 0 fully saturated rings. The second-order valence-corrected chi connectivity index (χ2v) is 19.6. The van der Waals surface area contributed by atoms with Crippen molar-refractivity contribution in [1.82, 2.24) is 15.0 Å². The Morgan fingerprint density at radius 2 is 1.20 bits per heavy atom. The third kappa shape index (κ3) is 6.76. The van der Waals surface area contributed by atoms with Gasteiger partial charge in [0.25, 0.3) is 10.1 Å². The SMILES string of the molecule is Cc1ccc(S(=O)(=O)Oc2cc(-n3nc4ccc5cc(S(=O)(=O)O)ccc5c4n3)c(OS(=O)(=O)c3ccc(C)cc3)cc2C2=Nc3ccc4ccccc4c3C2(C)C)cc1. The predicted octanol–water partition coefficient (Wildman–Crippen LogP) is 8.54. The van der Waals surface area contributed by atoms with Gasteiger partial charge < -0.3 is 8.37 Å². The smallest absolute Gasteiger partial charge is 0.339 e. The Hall–Kier alpha value is -6.46. The molecule has 16 heteroatoms. The van der Waals surface area contributed by atoms with Gasteiger partial charge in [0.15, 0.2) is 11.5 Å². The molecule has 0 saturated heterocycles. The number of aromatic nitrogens is 3. The molecule has 0 unspecified atom stereocenters. The molecular weight excluding hydrogens is 825 g/mol. The third-order valence-electron chi connectivity index (χ3n) is 10.5. The molecule has 7 aromatic carbocycles. The maximum Gasteiger partial charge on any atom is 0.339 e. The number of rotatable bonds is 9. The lowest BCUT2D eigenvalue weighted by atomic mass is 9.77. The highest BCUT2D eigenvalue weighted by Crippen LogP contribution is 2.48. The zero-order valence-electron chi connectivity index (χ0n) is 32.4. The summed E-state index contributed by atoms with van der Waals surface area (Å²) in [4.78, 5) is 5.55. The van der Waals surface area contributed by atoms with Crippen molar-refractivity contribution in [3.63, 3.8) is 0 Å². The molecule has 8 aromatic rings. The van der Waals surface area contributed by atoms with Crippen molar-refractivity contribution < 1.29 is 38.2 Å². The van der Waals surface area contributed by atoms with Crippen LogP contribution in [0, 0.1) is 13.8 Å². The van der Waals surface area contributed by atoms with Crippen molar-refractivity contribution in [1.29, 1.82) is 0 Å². The van der Waals surface area contributed by atoms with Crippen molar-refractivity contribution in [2.75, 3.05) is 0 Å². The maximum absolute atomic E-state index is 14.1. The molecule has 0 atom stereocenters. The Morgan fingerprint density at radius 3 is 1.85 bits per heavy atom. The summed E-state index contributed by atoms with van der Waals surface area (Å²) in [6.45, 7) is 7.53. The van der Waals surface area contributed by atoms with Gasteiger partial charge in [-0.25, -0.2) is 0 Å². The molecule has 2 heterocycles. The molecule has 0 amide bonds. The van der Waals surface area contributed by atoms with Crippen LogP contribution < -0.4 is 8.37 Å². The quantitative estimate of drug-likeness (QED) is 0.108. The van der Waals surface area contributed by atoms with Gasteiger partial charge in [0, 0.05) is 22.4 Å². The van der Waals surface area contributed by atoms with Gasteiger partial charge in [0.2, 0.25) is 0 Å². The van der Waals surface area contributed by atoms with Crippen molar-refractivity contribution in [3.8, 4) is 17.2 Å². The number of hydrogen-bond acceptors (Lipinski definition) is 11. The number of nitrogens with zero attached hydrogens (tertiary/aromatic N) is 4. The van der Waals surface area contributed by atoms with E-state index < -0.39 is 35.8 Å². The summed E-state index contributed by atoms with van der Waals surface area (Å²) >= 11 is 0. The molecule has 302 valence electrons. The Bertz CT molecular complexity index is 3470. The Kier molecular flexibility index (Phi) is 8.98. The van der Waals surface area contributed by atoms with Crippen LogP contribution in [0.25, 0.3) is 38.3 Å². The van der Waals surface area contributed by atoms with Crippen molar-refractivity contribution in [2.45, 2.75) is 47.8 Å². The van der Waals surface area contributed by atoms with E-state index in [4.69, 9.17) is 13.4 Å². The largest absolute Gasteiger partial charge is 0.378 e. The van der Waals surface area contributed by atoms with Crippen LogP contribution in [0.5, 0.6) is 11.5 Å². The van der Waals surface area contributed by atoms with Crippen LogP contribution in [0.4, 0.5) is 5.69 Å². The molecule has 0 radical (unpaired) electrons.